The smallest absolute Gasteiger partial charge is 0.326 e. The van der Waals surface area contributed by atoms with Gasteiger partial charge in [-0.25, -0.2) is 4.79 Å². The highest BCUT2D eigenvalue weighted by molar-refractivity contribution is 5.94. The molecule has 7 N–H and O–H groups in total. The molecule has 0 aliphatic rings. The van der Waals surface area contributed by atoms with Gasteiger partial charge >= 0.3 is 5.97 Å². The largest absolute Gasteiger partial charge is 0.480 e. The molecule has 0 aromatic heterocycles. The van der Waals surface area contributed by atoms with E-state index in [4.69, 9.17) is 5.73 Å². The summed E-state index contributed by atoms with van der Waals surface area (Å²) in [5.74, 6) is -3.30. The van der Waals surface area contributed by atoms with E-state index in [1.807, 2.05) is 20.8 Å². The van der Waals surface area contributed by atoms with Crippen LogP contribution in [0.3, 0.4) is 0 Å². The highest BCUT2D eigenvalue weighted by Gasteiger charge is 2.31. The first-order valence-electron chi connectivity index (χ1n) is 9.89. The van der Waals surface area contributed by atoms with Crippen molar-refractivity contribution >= 4 is 23.7 Å². The summed E-state index contributed by atoms with van der Waals surface area (Å²) in [6, 6.07) is -4.22. The number of aliphatic carboxylic acids is 1. The molecule has 0 heterocycles. The summed E-state index contributed by atoms with van der Waals surface area (Å²) < 4.78 is 0. The van der Waals surface area contributed by atoms with E-state index in [9.17, 15) is 29.4 Å². The van der Waals surface area contributed by atoms with Gasteiger partial charge in [0.1, 0.15) is 24.2 Å². The first-order valence-corrected chi connectivity index (χ1v) is 9.89. The first-order chi connectivity index (χ1) is 13.3. The molecule has 6 unspecified atom stereocenters. The van der Waals surface area contributed by atoms with Crippen molar-refractivity contribution in [3.05, 3.63) is 0 Å². The number of carboxylic acids is 1. The molecule has 0 aromatic carbocycles. The second-order valence-corrected chi connectivity index (χ2v) is 7.90. The number of nitrogens with two attached hydrogens (primary N) is 1. The van der Waals surface area contributed by atoms with Gasteiger partial charge in [-0.15, -0.1) is 0 Å². The Hall–Kier alpha value is -2.20. The van der Waals surface area contributed by atoms with Gasteiger partial charge in [0.2, 0.25) is 17.7 Å². The van der Waals surface area contributed by atoms with Crippen molar-refractivity contribution in [2.75, 3.05) is 0 Å². The van der Waals surface area contributed by atoms with Crippen LogP contribution in [0.5, 0.6) is 0 Å². The van der Waals surface area contributed by atoms with E-state index in [1.54, 1.807) is 6.92 Å². The molecule has 0 spiro atoms. The summed E-state index contributed by atoms with van der Waals surface area (Å²) in [7, 11) is 0. The third-order valence-corrected chi connectivity index (χ3v) is 4.69. The molecular weight excluding hydrogens is 380 g/mol. The Balaban J connectivity index is 5.18. The monoisotopic (exact) mass is 416 g/mol. The fraction of sp³-hybridized carbons (Fsp3) is 0.789. The molecule has 0 aromatic rings. The fourth-order valence-electron chi connectivity index (χ4n) is 2.53. The Morgan fingerprint density at radius 2 is 1.45 bits per heavy atom. The Morgan fingerprint density at radius 1 is 0.897 bits per heavy atom. The molecule has 10 nitrogen and oxygen atoms in total. The minimum atomic E-state index is -1.19. The van der Waals surface area contributed by atoms with Crippen molar-refractivity contribution in [1.29, 1.82) is 0 Å². The molecular formula is C19H36N4O6. The number of hydrogen-bond donors (Lipinski definition) is 6. The van der Waals surface area contributed by atoms with Gasteiger partial charge in [-0.3, -0.25) is 14.4 Å². The lowest BCUT2D eigenvalue weighted by Crippen LogP contribution is -2.58. The van der Waals surface area contributed by atoms with Crippen LogP contribution in [0.1, 0.15) is 54.4 Å². The van der Waals surface area contributed by atoms with Gasteiger partial charge in [-0.1, -0.05) is 34.1 Å². The van der Waals surface area contributed by atoms with Crippen LogP contribution in [0, 0.1) is 11.8 Å². The predicted molar refractivity (Wildman–Crippen MR) is 108 cm³/mol. The number of carboxylic acid groups (broad SMARTS) is 1. The van der Waals surface area contributed by atoms with E-state index in [-0.39, 0.29) is 18.3 Å². The van der Waals surface area contributed by atoms with Gasteiger partial charge < -0.3 is 31.9 Å². The quantitative estimate of drug-likeness (QED) is 0.245. The van der Waals surface area contributed by atoms with E-state index < -0.39 is 54.0 Å². The third kappa shape index (κ3) is 9.23. The number of hydrogen-bond acceptors (Lipinski definition) is 6. The summed E-state index contributed by atoms with van der Waals surface area (Å²) >= 11 is 0. The summed E-state index contributed by atoms with van der Waals surface area (Å²) in [6.07, 6.45) is -0.234. The van der Waals surface area contributed by atoms with Gasteiger partial charge in [-0.05, 0) is 32.1 Å². The van der Waals surface area contributed by atoms with Crippen LogP contribution in [-0.2, 0) is 19.2 Å². The van der Waals surface area contributed by atoms with E-state index in [1.165, 1.54) is 13.8 Å². The lowest BCUT2D eigenvalue weighted by Gasteiger charge is -2.26. The minimum Gasteiger partial charge on any atom is -0.480 e. The maximum atomic E-state index is 12.7. The molecule has 6 atom stereocenters. The zero-order valence-electron chi connectivity index (χ0n) is 18.1. The van der Waals surface area contributed by atoms with Crippen molar-refractivity contribution in [2.45, 2.75) is 84.7 Å². The van der Waals surface area contributed by atoms with Gasteiger partial charge in [0.25, 0.3) is 0 Å². The van der Waals surface area contributed by atoms with E-state index in [0.717, 1.165) is 0 Å². The zero-order valence-corrected chi connectivity index (χ0v) is 18.1. The predicted octanol–water partition coefficient (Wildman–Crippen LogP) is -0.654. The lowest BCUT2D eigenvalue weighted by atomic mass is 9.97. The SMILES string of the molecule is CCC(C)C(NC(=O)C(CC(C)C)NC(=O)C(C)NC(=O)C(N)C(C)O)C(=O)O. The van der Waals surface area contributed by atoms with Crippen LogP contribution in [0.15, 0.2) is 0 Å². The van der Waals surface area contributed by atoms with Crippen LogP contribution >= 0.6 is 0 Å². The molecule has 0 saturated heterocycles. The number of amides is 3. The van der Waals surface area contributed by atoms with E-state index >= 15 is 0 Å². The standard InChI is InChI=1S/C19H36N4O6/c1-7-10(4)15(19(28)29)23-17(26)13(8-9(2)3)22-16(25)11(5)21-18(27)14(20)12(6)24/h9-15,24H,7-8,20H2,1-6H3,(H,21,27)(H,22,25)(H,23,26)(H,28,29). The normalized spacial score (nSPS) is 17.4. The number of aliphatic hydroxyl groups is 1. The second kappa shape index (κ2) is 12.4. The Bertz CT molecular complexity index is 581. The third-order valence-electron chi connectivity index (χ3n) is 4.69. The first kappa shape index (κ1) is 26.8. The van der Waals surface area contributed by atoms with E-state index in [0.29, 0.717) is 6.42 Å². The van der Waals surface area contributed by atoms with Crippen molar-refractivity contribution in [1.82, 2.24) is 16.0 Å². The maximum Gasteiger partial charge on any atom is 0.326 e. The van der Waals surface area contributed by atoms with E-state index in [2.05, 4.69) is 16.0 Å². The molecule has 29 heavy (non-hydrogen) atoms. The van der Waals surface area contributed by atoms with Crippen molar-refractivity contribution in [2.24, 2.45) is 17.6 Å². The lowest BCUT2D eigenvalue weighted by molar-refractivity contribution is -0.144. The van der Waals surface area contributed by atoms with Gasteiger partial charge in [0, 0.05) is 0 Å². The summed E-state index contributed by atoms with van der Waals surface area (Å²) in [5.41, 5.74) is 5.53. The molecule has 0 rings (SSSR count). The molecule has 0 aliphatic carbocycles. The molecule has 0 bridgehead atoms. The molecule has 168 valence electrons. The number of carbonyl (C=O) groups is 4. The number of rotatable bonds is 12. The summed E-state index contributed by atoms with van der Waals surface area (Å²) in [5, 5.41) is 26.2. The van der Waals surface area contributed by atoms with Crippen LogP contribution < -0.4 is 21.7 Å². The van der Waals surface area contributed by atoms with Crippen molar-refractivity contribution in [3.63, 3.8) is 0 Å². The van der Waals surface area contributed by atoms with Gasteiger partial charge in [-0.2, -0.15) is 0 Å². The number of nitrogens with one attached hydrogen (secondary N) is 3. The highest BCUT2D eigenvalue weighted by atomic mass is 16.4. The molecule has 0 radical (unpaired) electrons. The average Bonchev–Trinajstić information content (AvgIpc) is 2.62. The van der Waals surface area contributed by atoms with Crippen LogP contribution in [0.4, 0.5) is 0 Å². The molecule has 0 fully saturated rings. The van der Waals surface area contributed by atoms with Crippen molar-refractivity contribution < 1.29 is 29.4 Å². The highest BCUT2D eigenvalue weighted by Crippen LogP contribution is 2.11. The molecule has 0 saturated carbocycles. The second-order valence-electron chi connectivity index (χ2n) is 7.90. The zero-order chi connectivity index (χ0) is 22.9. The molecule has 10 heteroatoms. The topological polar surface area (TPSA) is 171 Å². The Morgan fingerprint density at radius 3 is 1.86 bits per heavy atom. The minimum absolute atomic E-state index is 0.0477. The number of carbonyl (C=O) groups excluding carboxylic acids is 3. The van der Waals surface area contributed by atoms with Crippen LogP contribution in [0.2, 0.25) is 0 Å². The van der Waals surface area contributed by atoms with Crippen molar-refractivity contribution in [3.8, 4) is 0 Å². The van der Waals surface area contributed by atoms with Crippen LogP contribution in [0.25, 0.3) is 0 Å². The molecule has 0 aliphatic heterocycles. The molecule has 3 amide bonds. The summed E-state index contributed by atoms with van der Waals surface area (Å²) in [6.45, 7) is 10.0. The van der Waals surface area contributed by atoms with Gasteiger partial charge in [0.15, 0.2) is 0 Å². The average molecular weight is 417 g/mol. The van der Waals surface area contributed by atoms with Gasteiger partial charge in [0.05, 0.1) is 6.10 Å². The van der Waals surface area contributed by atoms with Crippen LogP contribution in [-0.4, -0.2) is 64.2 Å². The Labute approximate surface area is 172 Å². The summed E-state index contributed by atoms with van der Waals surface area (Å²) in [4.78, 5) is 48.5. The number of aliphatic hydroxyl groups excluding tert-OH is 1. The maximum absolute atomic E-state index is 12.7. The Kier molecular flexibility index (Phi) is 11.4. The fourth-order valence-corrected chi connectivity index (χ4v) is 2.53.